The van der Waals surface area contributed by atoms with E-state index >= 15 is 0 Å². The summed E-state index contributed by atoms with van der Waals surface area (Å²) in [5.74, 6) is -0.312. The second-order valence-corrected chi connectivity index (χ2v) is 6.43. The summed E-state index contributed by atoms with van der Waals surface area (Å²) in [5, 5.41) is 0. The van der Waals surface area contributed by atoms with Gasteiger partial charge >= 0.3 is 6.18 Å². The van der Waals surface area contributed by atoms with Gasteiger partial charge in [0, 0.05) is 18.4 Å². The molecule has 7 heteroatoms. The number of alkyl halides is 3. The van der Waals surface area contributed by atoms with E-state index in [4.69, 9.17) is 4.74 Å². The van der Waals surface area contributed by atoms with Gasteiger partial charge in [0.2, 0.25) is 11.8 Å². The number of ether oxygens (including phenoxy) is 1. The predicted octanol–water partition coefficient (Wildman–Crippen LogP) is 5.79. The third-order valence-corrected chi connectivity index (χ3v) is 4.45. The summed E-state index contributed by atoms with van der Waals surface area (Å²) in [6, 6.07) is 16.8. The molecule has 1 aromatic heterocycles. The Kier molecular flexibility index (Phi) is 6.36. The minimum atomic E-state index is -4.61. The van der Waals surface area contributed by atoms with E-state index in [2.05, 4.69) is 9.97 Å². The Balaban J connectivity index is 1.96. The van der Waals surface area contributed by atoms with E-state index in [-0.39, 0.29) is 12.6 Å². The first-order valence-corrected chi connectivity index (χ1v) is 9.39. The summed E-state index contributed by atoms with van der Waals surface area (Å²) < 4.78 is 45.8. The zero-order valence-corrected chi connectivity index (χ0v) is 16.3. The van der Waals surface area contributed by atoms with Crippen LogP contribution in [0, 0.1) is 0 Å². The van der Waals surface area contributed by atoms with Crippen molar-refractivity contribution in [2.24, 2.45) is 0 Å². The SMILES string of the molecule is CCc1cccc(N(CC)c2ncc(C(F)(F)F)c(OCc3ccccc3)n2)c1. The van der Waals surface area contributed by atoms with Gasteiger partial charge in [-0.05, 0) is 36.6 Å². The fourth-order valence-corrected chi connectivity index (χ4v) is 2.90. The molecule has 1 heterocycles. The maximum absolute atomic E-state index is 13.4. The lowest BCUT2D eigenvalue weighted by molar-refractivity contribution is -0.139. The monoisotopic (exact) mass is 401 g/mol. The van der Waals surface area contributed by atoms with Crippen molar-refractivity contribution in [3.8, 4) is 5.88 Å². The average molecular weight is 401 g/mol. The first kappa shape index (κ1) is 20.6. The Morgan fingerprint density at radius 1 is 0.966 bits per heavy atom. The molecule has 0 aliphatic carbocycles. The van der Waals surface area contributed by atoms with Gasteiger partial charge in [-0.1, -0.05) is 49.4 Å². The summed E-state index contributed by atoms with van der Waals surface area (Å²) in [6.45, 7) is 4.41. The van der Waals surface area contributed by atoms with Crippen LogP contribution in [0.1, 0.15) is 30.5 Å². The molecule has 0 radical (unpaired) electrons. The summed E-state index contributed by atoms with van der Waals surface area (Å²) in [6.07, 6.45) is -2.97. The lowest BCUT2D eigenvalue weighted by Crippen LogP contribution is -2.21. The highest BCUT2D eigenvalue weighted by molar-refractivity contribution is 5.58. The number of benzene rings is 2. The van der Waals surface area contributed by atoms with Crippen LogP contribution < -0.4 is 9.64 Å². The molecule has 152 valence electrons. The van der Waals surface area contributed by atoms with E-state index in [1.54, 1.807) is 29.2 Å². The van der Waals surface area contributed by atoms with Crippen molar-refractivity contribution in [1.82, 2.24) is 9.97 Å². The maximum Gasteiger partial charge on any atom is 0.423 e. The third-order valence-electron chi connectivity index (χ3n) is 4.45. The fourth-order valence-electron chi connectivity index (χ4n) is 2.90. The van der Waals surface area contributed by atoms with Gasteiger partial charge in [-0.25, -0.2) is 4.98 Å². The topological polar surface area (TPSA) is 38.2 Å². The Bertz CT molecular complexity index is 946. The van der Waals surface area contributed by atoms with Gasteiger partial charge in [0.05, 0.1) is 0 Å². The van der Waals surface area contributed by atoms with Crippen molar-refractivity contribution in [2.75, 3.05) is 11.4 Å². The largest absolute Gasteiger partial charge is 0.472 e. The first-order valence-electron chi connectivity index (χ1n) is 9.39. The van der Waals surface area contributed by atoms with E-state index in [0.29, 0.717) is 6.54 Å². The molecule has 0 saturated heterocycles. The number of hydrogen-bond acceptors (Lipinski definition) is 4. The van der Waals surface area contributed by atoms with Crippen molar-refractivity contribution in [3.63, 3.8) is 0 Å². The minimum Gasteiger partial charge on any atom is -0.472 e. The standard InChI is InChI=1S/C22H22F3N3O/c1-3-16-11-8-12-18(13-16)28(4-2)21-26-14-19(22(23,24)25)20(27-21)29-15-17-9-6-5-7-10-17/h5-14H,3-4,15H2,1-2H3. The summed E-state index contributed by atoms with van der Waals surface area (Å²) in [4.78, 5) is 9.87. The van der Waals surface area contributed by atoms with Gasteiger partial charge in [-0.3, -0.25) is 0 Å². The molecule has 0 aliphatic rings. The van der Waals surface area contributed by atoms with E-state index in [1.165, 1.54) is 0 Å². The zero-order valence-electron chi connectivity index (χ0n) is 16.3. The second-order valence-electron chi connectivity index (χ2n) is 6.43. The summed E-state index contributed by atoms with van der Waals surface area (Å²) in [5.41, 5.74) is 1.70. The molecule has 29 heavy (non-hydrogen) atoms. The molecule has 0 N–H and O–H groups in total. The lowest BCUT2D eigenvalue weighted by Gasteiger charge is -2.23. The van der Waals surface area contributed by atoms with Crippen molar-refractivity contribution >= 4 is 11.6 Å². The van der Waals surface area contributed by atoms with Crippen molar-refractivity contribution < 1.29 is 17.9 Å². The molecule has 0 unspecified atom stereocenters. The quantitative estimate of drug-likeness (QED) is 0.502. The van der Waals surface area contributed by atoms with Gasteiger partial charge in [0.1, 0.15) is 12.2 Å². The number of aromatic nitrogens is 2. The molecule has 2 aromatic carbocycles. The molecule has 0 aliphatic heterocycles. The molecule has 3 rings (SSSR count). The van der Waals surface area contributed by atoms with Gasteiger partial charge in [0.15, 0.2) is 0 Å². The number of rotatable bonds is 7. The Hall–Kier alpha value is -3.09. The molecule has 0 bridgehead atoms. The maximum atomic E-state index is 13.4. The van der Waals surface area contributed by atoms with Crippen LogP contribution in [0.15, 0.2) is 60.8 Å². The fraction of sp³-hybridized carbons (Fsp3) is 0.273. The number of anilines is 2. The van der Waals surface area contributed by atoms with E-state index in [0.717, 1.165) is 29.4 Å². The number of halogens is 3. The normalized spacial score (nSPS) is 11.3. The highest BCUT2D eigenvalue weighted by Crippen LogP contribution is 2.36. The number of aryl methyl sites for hydroxylation is 1. The molecule has 0 amide bonds. The molecular weight excluding hydrogens is 379 g/mol. The smallest absolute Gasteiger partial charge is 0.423 e. The van der Waals surface area contributed by atoms with Gasteiger partial charge < -0.3 is 9.64 Å². The van der Waals surface area contributed by atoms with Crippen LogP contribution in [-0.4, -0.2) is 16.5 Å². The Morgan fingerprint density at radius 3 is 2.34 bits per heavy atom. The van der Waals surface area contributed by atoms with Gasteiger partial charge in [-0.2, -0.15) is 18.2 Å². The van der Waals surface area contributed by atoms with Crippen molar-refractivity contribution in [1.29, 1.82) is 0 Å². The lowest BCUT2D eigenvalue weighted by atomic mass is 10.1. The van der Waals surface area contributed by atoms with Crippen LogP contribution >= 0.6 is 0 Å². The first-order chi connectivity index (χ1) is 13.9. The summed E-state index contributed by atoms with van der Waals surface area (Å²) >= 11 is 0. The second kappa shape index (κ2) is 8.94. The van der Waals surface area contributed by atoms with E-state index < -0.39 is 17.6 Å². The van der Waals surface area contributed by atoms with Crippen LogP contribution in [0.4, 0.5) is 24.8 Å². The molecule has 0 atom stereocenters. The molecule has 0 saturated carbocycles. The van der Waals surface area contributed by atoms with Crippen LogP contribution in [0.25, 0.3) is 0 Å². The van der Waals surface area contributed by atoms with Crippen LogP contribution in [-0.2, 0) is 19.2 Å². The molecular formula is C22H22F3N3O. The van der Waals surface area contributed by atoms with Crippen molar-refractivity contribution in [2.45, 2.75) is 33.1 Å². The van der Waals surface area contributed by atoms with E-state index in [9.17, 15) is 13.2 Å². The predicted molar refractivity (Wildman–Crippen MR) is 106 cm³/mol. The molecule has 0 spiro atoms. The summed E-state index contributed by atoms with van der Waals surface area (Å²) in [7, 11) is 0. The van der Waals surface area contributed by atoms with Crippen LogP contribution in [0.3, 0.4) is 0 Å². The Morgan fingerprint density at radius 2 is 1.69 bits per heavy atom. The molecule has 0 fully saturated rings. The minimum absolute atomic E-state index is 0.0161. The number of nitrogens with zero attached hydrogens (tertiary/aromatic N) is 3. The Labute approximate surface area is 168 Å². The van der Waals surface area contributed by atoms with Crippen LogP contribution in [0.5, 0.6) is 5.88 Å². The van der Waals surface area contributed by atoms with Gasteiger partial charge in [-0.15, -0.1) is 0 Å². The molecule has 3 aromatic rings. The molecule has 4 nitrogen and oxygen atoms in total. The number of hydrogen-bond donors (Lipinski definition) is 0. The van der Waals surface area contributed by atoms with Crippen LogP contribution in [0.2, 0.25) is 0 Å². The third kappa shape index (κ3) is 5.04. The van der Waals surface area contributed by atoms with Gasteiger partial charge in [0.25, 0.3) is 0 Å². The highest BCUT2D eigenvalue weighted by atomic mass is 19.4. The van der Waals surface area contributed by atoms with E-state index in [1.807, 2.05) is 44.2 Å². The van der Waals surface area contributed by atoms with Crippen molar-refractivity contribution in [3.05, 3.63) is 77.5 Å². The zero-order chi connectivity index (χ0) is 20.9. The average Bonchev–Trinajstić information content (AvgIpc) is 2.73. The highest BCUT2D eigenvalue weighted by Gasteiger charge is 2.36.